The number of carbonyl (C=O) groups excluding carboxylic acids is 1. The van der Waals surface area contributed by atoms with Crippen molar-refractivity contribution in [1.29, 1.82) is 0 Å². The van der Waals surface area contributed by atoms with Crippen molar-refractivity contribution in [3.63, 3.8) is 0 Å². The molecular weight excluding hydrogens is 236 g/mol. The summed E-state index contributed by atoms with van der Waals surface area (Å²) in [7, 11) is 2.15. The molecule has 0 spiro atoms. The lowest BCUT2D eigenvalue weighted by Gasteiger charge is -2.43. The van der Waals surface area contributed by atoms with E-state index in [0.29, 0.717) is 11.8 Å². The monoisotopic (exact) mass is 264 g/mol. The summed E-state index contributed by atoms with van der Waals surface area (Å²) in [5.74, 6) is 2.44. The molecule has 3 fully saturated rings. The van der Waals surface area contributed by atoms with E-state index in [1.165, 1.54) is 38.5 Å². The van der Waals surface area contributed by atoms with Crippen LogP contribution in [0.2, 0.25) is 0 Å². The van der Waals surface area contributed by atoms with Gasteiger partial charge in [-0.25, -0.2) is 0 Å². The van der Waals surface area contributed by atoms with Gasteiger partial charge in [0.1, 0.15) is 0 Å². The van der Waals surface area contributed by atoms with Crippen molar-refractivity contribution in [1.82, 2.24) is 9.80 Å². The van der Waals surface area contributed by atoms with E-state index in [2.05, 4.69) is 16.8 Å². The average molecular weight is 264 g/mol. The third-order valence-corrected chi connectivity index (χ3v) is 5.71. The van der Waals surface area contributed by atoms with Crippen LogP contribution in [0.15, 0.2) is 0 Å². The maximum Gasteiger partial charge on any atom is 0.226 e. The SMILES string of the molecule is CN1CCN(C(=O)[C@@H]2CCC[C@H]3CCCC[C@@H]32)CC1. The third kappa shape index (κ3) is 2.81. The molecule has 0 N–H and O–H groups in total. The standard InChI is InChI=1S/C16H28N2O/c1-17-9-11-18(12-10-17)16(19)15-8-4-6-13-5-2-3-7-14(13)15/h13-15H,2-12H2,1H3/t13-,14+,15-/m1/s1. The van der Waals surface area contributed by atoms with Gasteiger partial charge in [0.05, 0.1) is 0 Å². The minimum absolute atomic E-state index is 0.363. The summed E-state index contributed by atoms with van der Waals surface area (Å²) in [6.45, 7) is 3.99. The molecule has 0 aromatic carbocycles. The van der Waals surface area contributed by atoms with Crippen LogP contribution in [0.1, 0.15) is 44.9 Å². The summed E-state index contributed by atoms with van der Waals surface area (Å²) in [5.41, 5.74) is 0. The molecule has 3 heteroatoms. The van der Waals surface area contributed by atoms with E-state index < -0.39 is 0 Å². The number of piperazine rings is 1. The quantitative estimate of drug-likeness (QED) is 0.726. The van der Waals surface area contributed by atoms with Crippen molar-refractivity contribution < 1.29 is 4.79 Å². The molecule has 2 aliphatic carbocycles. The first kappa shape index (κ1) is 13.4. The number of fused-ring (bicyclic) bond motifs is 1. The summed E-state index contributed by atoms with van der Waals surface area (Å²) in [6, 6.07) is 0. The lowest BCUT2D eigenvalue weighted by atomic mass is 9.65. The Morgan fingerprint density at radius 1 is 0.895 bits per heavy atom. The lowest BCUT2D eigenvalue weighted by Crippen LogP contribution is -2.51. The van der Waals surface area contributed by atoms with Gasteiger partial charge in [-0.2, -0.15) is 0 Å². The van der Waals surface area contributed by atoms with Crippen LogP contribution in [0.4, 0.5) is 0 Å². The molecule has 108 valence electrons. The van der Waals surface area contributed by atoms with Gasteiger partial charge in [-0.3, -0.25) is 4.79 Å². The summed E-state index contributed by atoms with van der Waals surface area (Å²) in [4.78, 5) is 17.3. The molecule has 1 aliphatic heterocycles. The normalized spacial score (nSPS) is 36.9. The predicted molar refractivity (Wildman–Crippen MR) is 76.9 cm³/mol. The van der Waals surface area contributed by atoms with Gasteiger partial charge in [0.25, 0.3) is 0 Å². The van der Waals surface area contributed by atoms with Crippen molar-refractivity contribution in [3.8, 4) is 0 Å². The molecule has 1 amide bonds. The van der Waals surface area contributed by atoms with Crippen LogP contribution < -0.4 is 0 Å². The Hall–Kier alpha value is -0.570. The van der Waals surface area contributed by atoms with Crippen LogP contribution >= 0.6 is 0 Å². The molecule has 2 saturated carbocycles. The fourth-order valence-electron chi connectivity index (χ4n) is 4.51. The highest BCUT2D eigenvalue weighted by Crippen LogP contribution is 2.44. The zero-order chi connectivity index (χ0) is 13.2. The Labute approximate surface area is 117 Å². The number of rotatable bonds is 1. The van der Waals surface area contributed by atoms with Gasteiger partial charge in [0.2, 0.25) is 5.91 Å². The van der Waals surface area contributed by atoms with E-state index >= 15 is 0 Å². The molecule has 0 unspecified atom stereocenters. The number of nitrogens with zero attached hydrogens (tertiary/aromatic N) is 2. The van der Waals surface area contributed by atoms with Crippen molar-refractivity contribution in [2.75, 3.05) is 33.2 Å². The largest absolute Gasteiger partial charge is 0.340 e. The topological polar surface area (TPSA) is 23.6 Å². The number of hydrogen-bond donors (Lipinski definition) is 0. The highest BCUT2D eigenvalue weighted by Gasteiger charge is 2.40. The molecule has 1 saturated heterocycles. The van der Waals surface area contributed by atoms with Gasteiger partial charge < -0.3 is 9.80 Å². The Morgan fingerprint density at radius 3 is 2.37 bits per heavy atom. The molecule has 3 rings (SSSR count). The Kier molecular flexibility index (Phi) is 4.11. The fourth-order valence-corrected chi connectivity index (χ4v) is 4.51. The van der Waals surface area contributed by atoms with Crippen LogP contribution in [0.25, 0.3) is 0 Å². The van der Waals surface area contributed by atoms with Crippen molar-refractivity contribution in [2.45, 2.75) is 44.9 Å². The van der Waals surface area contributed by atoms with E-state index in [1.807, 2.05) is 0 Å². The zero-order valence-electron chi connectivity index (χ0n) is 12.3. The second-order valence-corrected chi connectivity index (χ2v) is 6.87. The number of likely N-dealkylation sites (N-methyl/N-ethyl adjacent to an activating group) is 1. The highest BCUT2D eigenvalue weighted by atomic mass is 16.2. The van der Waals surface area contributed by atoms with Gasteiger partial charge in [-0.1, -0.05) is 32.1 Å². The maximum atomic E-state index is 12.8. The van der Waals surface area contributed by atoms with E-state index in [4.69, 9.17) is 0 Å². The van der Waals surface area contributed by atoms with E-state index in [0.717, 1.165) is 44.4 Å². The first-order valence-electron chi connectivity index (χ1n) is 8.23. The maximum absolute atomic E-state index is 12.8. The zero-order valence-corrected chi connectivity index (χ0v) is 12.3. The average Bonchev–Trinajstić information content (AvgIpc) is 2.47. The molecule has 0 bridgehead atoms. The second kappa shape index (κ2) is 5.82. The summed E-state index contributed by atoms with van der Waals surface area (Å²) in [6.07, 6.45) is 9.28. The molecule has 0 aromatic heterocycles. The second-order valence-electron chi connectivity index (χ2n) is 6.87. The van der Waals surface area contributed by atoms with Gasteiger partial charge in [-0.05, 0) is 31.7 Å². The van der Waals surface area contributed by atoms with E-state index in [1.54, 1.807) is 0 Å². The number of amides is 1. The van der Waals surface area contributed by atoms with E-state index in [-0.39, 0.29) is 0 Å². The number of hydrogen-bond acceptors (Lipinski definition) is 2. The summed E-state index contributed by atoms with van der Waals surface area (Å²) < 4.78 is 0. The van der Waals surface area contributed by atoms with Gasteiger partial charge in [0, 0.05) is 32.1 Å². The minimum Gasteiger partial charge on any atom is -0.340 e. The van der Waals surface area contributed by atoms with Crippen LogP contribution in [0.5, 0.6) is 0 Å². The molecule has 19 heavy (non-hydrogen) atoms. The third-order valence-electron chi connectivity index (χ3n) is 5.71. The van der Waals surface area contributed by atoms with Crippen LogP contribution in [-0.4, -0.2) is 48.9 Å². The van der Waals surface area contributed by atoms with Gasteiger partial charge in [-0.15, -0.1) is 0 Å². The number of carbonyl (C=O) groups is 1. The Bertz CT molecular complexity index is 321. The molecule has 3 aliphatic rings. The van der Waals surface area contributed by atoms with Crippen LogP contribution in [0.3, 0.4) is 0 Å². The van der Waals surface area contributed by atoms with Crippen molar-refractivity contribution >= 4 is 5.91 Å². The van der Waals surface area contributed by atoms with Crippen molar-refractivity contribution in [2.24, 2.45) is 17.8 Å². The first-order chi connectivity index (χ1) is 9.25. The smallest absolute Gasteiger partial charge is 0.226 e. The van der Waals surface area contributed by atoms with Crippen LogP contribution in [0, 0.1) is 17.8 Å². The first-order valence-corrected chi connectivity index (χ1v) is 8.23. The van der Waals surface area contributed by atoms with E-state index in [9.17, 15) is 4.79 Å². The Morgan fingerprint density at radius 2 is 1.58 bits per heavy atom. The highest BCUT2D eigenvalue weighted by molar-refractivity contribution is 5.79. The Balaban J connectivity index is 1.64. The molecule has 3 nitrogen and oxygen atoms in total. The minimum atomic E-state index is 0.363. The van der Waals surface area contributed by atoms with Gasteiger partial charge in [0.15, 0.2) is 0 Å². The summed E-state index contributed by atoms with van der Waals surface area (Å²) >= 11 is 0. The van der Waals surface area contributed by atoms with Gasteiger partial charge >= 0.3 is 0 Å². The predicted octanol–water partition coefficient (Wildman–Crippen LogP) is 2.37. The molecule has 3 atom stereocenters. The molecule has 0 aromatic rings. The van der Waals surface area contributed by atoms with Crippen LogP contribution in [-0.2, 0) is 4.79 Å². The lowest BCUT2D eigenvalue weighted by molar-refractivity contribution is -0.142. The fraction of sp³-hybridized carbons (Fsp3) is 0.938. The molecular formula is C16H28N2O. The summed E-state index contributed by atoms with van der Waals surface area (Å²) in [5, 5.41) is 0. The molecule has 0 radical (unpaired) electrons. The van der Waals surface area contributed by atoms with Crippen molar-refractivity contribution in [3.05, 3.63) is 0 Å². The molecule has 1 heterocycles.